The van der Waals surface area contributed by atoms with Crippen LogP contribution in [0.3, 0.4) is 0 Å². The molecule has 5 rings (SSSR count). The van der Waals surface area contributed by atoms with E-state index in [0.29, 0.717) is 25.4 Å². The molecule has 0 N–H and O–H groups in total. The van der Waals surface area contributed by atoms with Crippen LogP contribution >= 0.6 is 0 Å². The van der Waals surface area contributed by atoms with Crippen molar-refractivity contribution in [3.8, 4) is 0 Å². The number of furan rings is 1. The van der Waals surface area contributed by atoms with E-state index in [2.05, 4.69) is 32.7 Å². The van der Waals surface area contributed by atoms with Crippen LogP contribution in [0.5, 0.6) is 0 Å². The Kier molecular flexibility index (Phi) is 4.44. The average Bonchev–Trinajstić information content (AvgIpc) is 3.45. The fraction of sp³-hybridized carbons (Fsp3) is 0.174. The SMILES string of the molecule is O=C(c1ccco1)N1Cc2ccccc2[C@H](c2nccn2Cc2cccnc2)C1. The number of benzene rings is 1. The summed E-state index contributed by atoms with van der Waals surface area (Å²) in [6.07, 6.45) is 8.97. The Morgan fingerprint density at radius 1 is 1.10 bits per heavy atom. The molecule has 144 valence electrons. The summed E-state index contributed by atoms with van der Waals surface area (Å²) in [6.45, 7) is 1.81. The monoisotopic (exact) mass is 384 g/mol. The number of fused-ring (bicyclic) bond motifs is 1. The van der Waals surface area contributed by atoms with Crippen LogP contribution in [-0.2, 0) is 13.1 Å². The molecule has 29 heavy (non-hydrogen) atoms. The van der Waals surface area contributed by atoms with Gasteiger partial charge in [-0.05, 0) is 34.9 Å². The largest absolute Gasteiger partial charge is 0.459 e. The predicted molar refractivity (Wildman–Crippen MR) is 107 cm³/mol. The molecule has 1 atom stereocenters. The first kappa shape index (κ1) is 17.4. The van der Waals surface area contributed by atoms with Crippen LogP contribution in [0.15, 0.2) is 84.0 Å². The van der Waals surface area contributed by atoms with Crippen molar-refractivity contribution >= 4 is 5.91 Å². The maximum Gasteiger partial charge on any atom is 0.289 e. The Hall–Kier alpha value is -3.67. The fourth-order valence-corrected chi connectivity index (χ4v) is 3.99. The zero-order chi connectivity index (χ0) is 19.6. The molecule has 0 spiro atoms. The van der Waals surface area contributed by atoms with Gasteiger partial charge in [0, 0.05) is 37.9 Å². The lowest BCUT2D eigenvalue weighted by atomic mass is 9.88. The Bertz CT molecular complexity index is 1120. The van der Waals surface area contributed by atoms with Crippen molar-refractivity contribution in [1.82, 2.24) is 19.4 Å². The number of hydrogen-bond acceptors (Lipinski definition) is 4. The summed E-state index contributed by atoms with van der Waals surface area (Å²) < 4.78 is 7.48. The van der Waals surface area contributed by atoms with Gasteiger partial charge in [-0.15, -0.1) is 0 Å². The molecule has 3 aromatic heterocycles. The molecule has 0 saturated heterocycles. The first-order valence-electron chi connectivity index (χ1n) is 9.60. The van der Waals surface area contributed by atoms with E-state index in [1.54, 1.807) is 18.3 Å². The number of aromatic nitrogens is 3. The third-order valence-corrected chi connectivity index (χ3v) is 5.35. The maximum absolute atomic E-state index is 13.0. The molecular formula is C23H20N4O2. The molecule has 6 heteroatoms. The van der Waals surface area contributed by atoms with E-state index >= 15 is 0 Å². The average molecular weight is 384 g/mol. The molecule has 0 fully saturated rings. The predicted octanol–water partition coefficient (Wildman–Crippen LogP) is 3.71. The molecule has 0 bridgehead atoms. The van der Waals surface area contributed by atoms with Gasteiger partial charge in [0.05, 0.1) is 18.7 Å². The van der Waals surface area contributed by atoms with E-state index in [1.165, 1.54) is 11.8 Å². The first-order valence-corrected chi connectivity index (χ1v) is 9.60. The van der Waals surface area contributed by atoms with Gasteiger partial charge in [0.2, 0.25) is 0 Å². The maximum atomic E-state index is 13.0. The molecule has 4 aromatic rings. The van der Waals surface area contributed by atoms with Gasteiger partial charge in [-0.1, -0.05) is 30.3 Å². The van der Waals surface area contributed by atoms with E-state index in [9.17, 15) is 4.79 Å². The van der Waals surface area contributed by atoms with Gasteiger partial charge in [0.15, 0.2) is 5.76 Å². The quantitative estimate of drug-likeness (QED) is 0.538. The zero-order valence-corrected chi connectivity index (χ0v) is 15.8. The van der Waals surface area contributed by atoms with Gasteiger partial charge in [0.1, 0.15) is 5.82 Å². The van der Waals surface area contributed by atoms with Crippen LogP contribution in [0, 0.1) is 0 Å². The highest BCUT2D eigenvalue weighted by Gasteiger charge is 2.32. The van der Waals surface area contributed by atoms with Crippen LogP contribution < -0.4 is 0 Å². The lowest BCUT2D eigenvalue weighted by molar-refractivity contribution is 0.0690. The lowest BCUT2D eigenvalue weighted by Gasteiger charge is -2.34. The van der Waals surface area contributed by atoms with Crippen molar-refractivity contribution in [2.75, 3.05) is 6.54 Å². The second-order valence-electron chi connectivity index (χ2n) is 7.19. The van der Waals surface area contributed by atoms with Crippen molar-refractivity contribution in [1.29, 1.82) is 0 Å². The summed E-state index contributed by atoms with van der Waals surface area (Å²) in [5.41, 5.74) is 3.47. The second kappa shape index (κ2) is 7.39. The van der Waals surface area contributed by atoms with Crippen LogP contribution in [0.1, 0.15) is 39.0 Å². The molecule has 4 heterocycles. The number of carbonyl (C=O) groups is 1. The van der Waals surface area contributed by atoms with E-state index in [4.69, 9.17) is 4.42 Å². The van der Waals surface area contributed by atoms with Crippen molar-refractivity contribution in [3.05, 3.63) is 108 Å². The van der Waals surface area contributed by atoms with Gasteiger partial charge >= 0.3 is 0 Å². The Morgan fingerprint density at radius 2 is 2.03 bits per heavy atom. The molecule has 0 radical (unpaired) electrons. The number of rotatable bonds is 4. The number of carbonyl (C=O) groups excluding carboxylic acids is 1. The highest BCUT2D eigenvalue weighted by Crippen LogP contribution is 2.33. The van der Waals surface area contributed by atoms with Gasteiger partial charge in [-0.2, -0.15) is 0 Å². The molecule has 1 amide bonds. The number of amides is 1. The summed E-state index contributed by atoms with van der Waals surface area (Å²) in [5.74, 6) is 1.20. The Balaban J connectivity index is 1.51. The normalized spacial score (nSPS) is 15.9. The number of hydrogen-bond donors (Lipinski definition) is 0. The lowest BCUT2D eigenvalue weighted by Crippen LogP contribution is -2.39. The zero-order valence-electron chi connectivity index (χ0n) is 15.8. The van der Waals surface area contributed by atoms with Gasteiger partial charge in [-0.25, -0.2) is 4.98 Å². The van der Waals surface area contributed by atoms with E-state index in [0.717, 1.165) is 17.0 Å². The van der Waals surface area contributed by atoms with E-state index < -0.39 is 0 Å². The standard InChI is InChI=1S/C23H20N4O2/c28-23(21-8-4-12-29-21)27-15-18-6-1-2-7-19(18)20(16-27)22-25-10-11-26(22)14-17-5-3-9-24-13-17/h1-13,20H,14-16H2/t20-/m1/s1. The van der Waals surface area contributed by atoms with E-state index in [-0.39, 0.29) is 11.8 Å². The summed E-state index contributed by atoms with van der Waals surface area (Å²) >= 11 is 0. The second-order valence-corrected chi connectivity index (χ2v) is 7.19. The summed E-state index contributed by atoms with van der Waals surface area (Å²) in [4.78, 5) is 23.7. The number of nitrogens with zero attached hydrogens (tertiary/aromatic N) is 4. The smallest absolute Gasteiger partial charge is 0.289 e. The Morgan fingerprint density at radius 3 is 2.86 bits per heavy atom. The molecule has 1 aliphatic rings. The fourth-order valence-electron chi connectivity index (χ4n) is 3.99. The molecule has 0 saturated carbocycles. The minimum atomic E-state index is -0.0973. The van der Waals surface area contributed by atoms with Crippen molar-refractivity contribution < 1.29 is 9.21 Å². The molecule has 0 aliphatic carbocycles. The molecular weight excluding hydrogens is 364 g/mol. The van der Waals surface area contributed by atoms with Crippen molar-refractivity contribution in [3.63, 3.8) is 0 Å². The van der Waals surface area contributed by atoms with Crippen molar-refractivity contribution in [2.24, 2.45) is 0 Å². The van der Waals surface area contributed by atoms with Gasteiger partial charge in [0.25, 0.3) is 5.91 Å². The molecule has 6 nitrogen and oxygen atoms in total. The molecule has 0 unspecified atom stereocenters. The van der Waals surface area contributed by atoms with Crippen LogP contribution in [-0.4, -0.2) is 31.9 Å². The minimum Gasteiger partial charge on any atom is -0.459 e. The third kappa shape index (κ3) is 3.33. The minimum absolute atomic E-state index is 0.00877. The van der Waals surface area contributed by atoms with E-state index in [1.807, 2.05) is 41.7 Å². The first-order chi connectivity index (χ1) is 14.3. The van der Waals surface area contributed by atoms with Gasteiger partial charge in [-0.3, -0.25) is 9.78 Å². The molecule has 1 aromatic carbocycles. The molecule has 1 aliphatic heterocycles. The summed E-state index contributed by atoms with van der Waals surface area (Å²) in [5, 5.41) is 0. The topological polar surface area (TPSA) is 64.2 Å². The summed E-state index contributed by atoms with van der Waals surface area (Å²) in [6, 6.07) is 15.7. The van der Waals surface area contributed by atoms with Crippen LogP contribution in [0.25, 0.3) is 0 Å². The van der Waals surface area contributed by atoms with Gasteiger partial charge < -0.3 is 13.9 Å². The number of pyridine rings is 1. The highest BCUT2D eigenvalue weighted by molar-refractivity contribution is 5.91. The number of imidazole rings is 1. The summed E-state index contributed by atoms with van der Waals surface area (Å²) in [7, 11) is 0. The third-order valence-electron chi connectivity index (χ3n) is 5.35. The highest BCUT2D eigenvalue weighted by atomic mass is 16.3. The van der Waals surface area contributed by atoms with Crippen molar-refractivity contribution in [2.45, 2.75) is 19.0 Å². The van der Waals surface area contributed by atoms with Crippen LogP contribution in [0.2, 0.25) is 0 Å². The van der Waals surface area contributed by atoms with Crippen LogP contribution in [0.4, 0.5) is 0 Å². The Labute approximate surface area is 168 Å².